The molecule has 1 aliphatic carbocycles. The fourth-order valence-electron chi connectivity index (χ4n) is 1.51. The molecule has 0 unspecified atom stereocenters. The van der Waals surface area contributed by atoms with Crippen LogP contribution in [0, 0.1) is 0 Å². The average Bonchev–Trinajstić information content (AvgIpc) is 2.11. The Morgan fingerprint density at radius 2 is 2.20 bits per heavy atom. The fourth-order valence-corrected chi connectivity index (χ4v) is 2.37. The molecule has 4 heteroatoms. The van der Waals surface area contributed by atoms with Gasteiger partial charge in [-0.2, -0.15) is 0 Å². The Labute approximate surface area is 103 Å². The number of rotatable bonds is 2. The van der Waals surface area contributed by atoms with Crippen LogP contribution in [0.4, 0.5) is 0 Å². The third-order valence-corrected chi connectivity index (χ3v) is 3.51. The molecule has 1 saturated carbocycles. The van der Waals surface area contributed by atoms with Crippen LogP contribution in [-0.2, 0) is 0 Å². The van der Waals surface area contributed by atoms with Crippen LogP contribution in [0.25, 0.3) is 0 Å². The summed E-state index contributed by atoms with van der Waals surface area (Å²) in [6.07, 6.45) is 3.42. The van der Waals surface area contributed by atoms with Crippen molar-refractivity contribution >= 4 is 34.5 Å². The predicted molar refractivity (Wildman–Crippen MR) is 66.5 cm³/mol. The van der Waals surface area contributed by atoms with Crippen LogP contribution < -0.4 is 5.32 Å². The van der Waals surface area contributed by atoms with Crippen molar-refractivity contribution in [3.8, 4) is 0 Å². The van der Waals surface area contributed by atoms with Crippen molar-refractivity contribution in [1.82, 2.24) is 5.32 Å². The SMILES string of the molecule is O=C(NC1CCC1)c1ccc(Br)cc1S. The first-order chi connectivity index (χ1) is 7.16. The van der Waals surface area contributed by atoms with Gasteiger partial charge in [0.15, 0.2) is 0 Å². The zero-order valence-electron chi connectivity index (χ0n) is 8.16. The predicted octanol–water partition coefficient (Wildman–Crippen LogP) is 3.02. The molecular weight excluding hydrogens is 274 g/mol. The van der Waals surface area contributed by atoms with Crippen LogP contribution in [0.5, 0.6) is 0 Å². The Balaban J connectivity index is 2.10. The van der Waals surface area contributed by atoms with E-state index in [1.165, 1.54) is 6.42 Å². The molecule has 0 aliphatic heterocycles. The van der Waals surface area contributed by atoms with Crippen molar-refractivity contribution in [3.63, 3.8) is 0 Å². The standard InChI is InChI=1S/C11H12BrNOS/c12-7-4-5-9(10(15)6-7)11(14)13-8-2-1-3-8/h4-6,8,15H,1-3H2,(H,13,14). The van der Waals surface area contributed by atoms with Gasteiger partial charge in [-0.25, -0.2) is 0 Å². The molecule has 1 N–H and O–H groups in total. The number of carbonyl (C=O) groups excluding carboxylic acids is 1. The highest BCUT2D eigenvalue weighted by molar-refractivity contribution is 9.10. The van der Waals surface area contributed by atoms with Gasteiger partial charge in [0, 0.05) is 15.4 Å². The minimum atomic E-state index is -0.0165. The number of amides is 1. The van der Waals surface area contributed by atoms with Crippen LogP contribution in [0.2, 0.25) is 0 Å². The van der Waals surface area contributed by atoms with E-state index in [1.807, 2.05) is 12.1 Å². The van der Waals surface area contributed by atoms with Crippen molar-refractivity contribution in [3.05, 3.63) is 28.2 Å². The van der Waals surface area contributed by atoms with Gasteiger partial charge in [-0.3, -0.25) is 4.79 Å². The summed E-state index contributed by atoms with van der Waals surface area (Å²) in [4.78, 5) is 12.5. The van der Waals surface area contributed by atoms with Crippen molar-refractivity contribution in [1.29, 1.82) is 0 Å². The summed E-state index contributed by atoms with van der Waals surface area (Å²) in [7, 11) is 0. The lowest BCUT2D eigenvalue weighted by Crippen LogP contribution is -2.39. The van der Waals surface area contributed by atoms with Gasteiger partial charge < -0.3 is 5.32 Å². The Bertz CT molecular complexity index is 390. The summed E-state index contributed by atoms with van der Waals surface area (Å²) in [6.45, 7) is 0. The lowest BCUT2D eigenvalue weighted by Gasteiger charge is -2.26. The molecule has 0 aromatic heterocycles. The minimum Gasteiger partial charge on any atom is -0.349 e. The molecule has 15 heavy (non-hydrogen) atoms. The molecule has 1 amide bonds. The van der Waals surface area contributed by atoms with Crippen molar-refractivity contribution in [2.75, 3.05) is 0 Å². The molecule has 1 aromatic carbocycles. The van der Waals surface area contributed by atoms with Gasteiger partial charge in [0.1, 0.15) is 0 Å². The molecule has 0 saturated heterocycles. The van der Waals surface area contributed by atoms with Crippen molar-refractivity contribution in [2.24, 2.45) is 0 Å². The quantitative estimate of drug-likeness (QED) is 0.804. The lowest BCUT2D eigenvalue weighted by atomic mass is 9.93. The largest absolute Gasteiger partial charge is 0.349 e. The second kappa shape index (κ2) is 4.58. The number of benzene rings is 1. The van der Waals surface area contributed by atoms with E-state index in [0.717, 1.165) is 17.3 Å². The molecule has 1 aromatic rings. The first-order valence-electron chi connectivity index (χ1n) is 4.96. The summed E-state index contributed by atoms with van der Waals surface area (Å²) in [5.74, 6) is -0.0165. The maximum absolute atomic E-state index is 11.8. The van der Waals surface area contributed by atoms with Crippen LogP contribution in [0.1, 0.15) is 29.6 Å². The summed E-state index contributed by atoms with van der Waals surface area (Å²) < 4.78 is 0.938. The fraction of sp³-hybridized carbons (Fsp3) is 0.364. The first kappa shape index (κ1) is 11.0. The second-order valence-corrected chi connectivity index (χ2v) is 5.16. The van der Waals surface area contributed by atoms with E-state index in [1.54, 1.807) is 6.07 Å². The molecule has 2 nitrogen and oxygen atoms in total. The molecule has 0 heterocycles. The zero-order valence-corrected chi connectivity index (χ0v) is 10.6. The van der Waals surface area contributed by atoms with Crippen LogP contribution in [0.3, 0.4) is 0 Å². The summed E-state index contributed by atoms with van der Waals surface area (Å²) in [5, 5.41) is 2.99. The van der Waals surface area contributed by atoms with E-state index in [0.29, 0.717) is 16.5 Å². The van der Waals surface area contributed by atoms with Gasteiger partial charge in [0.2, 0.25) is 0 Å². The highest BCUT2D eigenvalue weighted by Gasteiger charge is 2.20. The van der Waals surface area contributed by atoms with Gasteiger partial charge in [0.25, 0.3) is 5.91 Å². The lowest BCUT2D eigenvalue weighted by molar-refractivity contribution is 0.0914. The summed E-state index contributed by atoms with van der Waals surface area (Å²) >= 11 is 7.63. The average molecular weight is 286 g/mol. The Morgan fingerprint density at radius 3 is 2.73 bits per heavy atom. The van der Waals surface area contributed by atoms with E-state index in [2.05, 4.69) is 33.9 Å². The molecule has 0 spiro atoms. The number of hydrogen-bond donors (Lipinski definition) is 2. The Hall–Kier alpha value is -0.480. The summed E-state index contributed by atoms with van der Waals surface area (Å²) in [5.41, 5.74) is 0.647. The zero-order chi connectivity index (χ0) is 10.8. The smallest absolute Gasteiger partial charge is 0.252 e. The van der Waals surface area contributed by atoms with Gasteiger partial charge in [-0.1, -0.05) is 15.9 Å². The number of nitrogens with one attached hydrogen (secondary N) is 1. The van der Waals surface area contributed by atoms with E-state index in [9.17, 15) is 4.79 Å². The molecule has 0 atom stereocenters. The third-order valence-electron chi connectivity index (χ3n) is 2.64. The van der Waals surface area contributed by atoms with E-state index in [4.69, 9.17) is 0 Å². The van der Waals surface area contributed by atoms with E-state index >= 15 is 0 Å². The maximum atomic E-state index is 11.8. The maximum Gasteiger partial charge on any atom is 0.252 e. The molecule has 0 bridgehead atoms. The Kier molecular flexibility index (Phi) is 3.36. The first-order valence-corrected chi connectivity index (χ1v) is 6.20. The van der Waals surface area contributed by atoms with Gasteiger partial charge >= 0.3 is 0 Å². The molecule has 1 aliphatic rings. The molecule has 80 valence electrons. The minimum absolute atomic E-state index is 0.0165. The molecule has 1 fully saturated rings. The monoisotopic (exact) mass is 285 g/mol. The number of hydrogen-bond acceptors (Lipinski definition) is 2. The van der Waals surface area contributed by atoms with Gasteiger partial charge in [-0.05, 0) is 37.5 Å². The molecule has 0 radical (unpaired) electrons. The van der Waals surface area contributed by atoms with Crippen LogP contribution in [0.15, 0.2) is 27.6 Å². The van der Waals surface area contributed by atoms with Crippen molar-refractivity contribution in [2.45, 2.75) is 30.2 Å². The highest BCUT2D eigenvalue weighted by atomic mass is 79.9. The Morgan fingerprint density at radius 1 is 1.47 bits per heavy atom. The summed E-state index contributed by atoms with van der Waals surface area (Å²) in [6, 6.07) is 5.85. The van der Waals surface area contributed by atoms with Crippen LogP contribution in [-0.4, -0.2) is 11.9 Å². The van der Waals surface area contributed by atoms with E-state index in [-0.39, 0.29) is 5.91 Å². The van der Waals surface area contributed by atoms with Gasteiger partial charge in [-0.15, -0.1) is 12.6 Å². The topological polar surface area (TPSA) is 29.1 Å². The van der Waals surface area contributed by atoms with Crippen LogP contribution >= 0.6 is 28.6 Å². The normalized spacial score (nSPS) is 15.9. The third kappa shape index (κ3) is 2.55. The van der Waals surface area contributed by atoms with Gasteiger partial charge in [0.05, 0.1) is 5.56 Å². The number of carbonyl (C=O) groups is 1. The van der Waals surface area contributed by atoms with E-state index < -0.39 is 0 Å². The second-order valence-electron chi connectivity index (χ2n) is 3.76. The number of halogens is 1. The van der Waals surface area contributed by atoms with Crippen molar-refractivity contribution < 1.29 is 4.79 Å². The number of thiol groups is 1. The molecule has 2 rings (SSSR count). The molecular formula is C11H12BrNOS. The highest BCUT2D eigenvalue weighted by Crippen LogP contribution is 2.22.